The molecular weight excluding hydrogens is 216 g/mol. The van der Waals surface area contributed by atoms with E-state index in [4.69, 9.17) is 0 Å². The van der Waals surface area contributed by atoms with Gasteiger partial charge in [-0.05, 0) is 12.2 Å². The summed E-state index contributed by atoms with van der Waals surface area (Å²) >= 11 is 3.21. The molecule has 1 aromatic heterocycles. The SMILES string of the molecule is CCCSCC(=O)NCc1cscn1. The van der Waals surface area contributed by atoms with Crippen LogP contribution in [0.2, 0.25) is 0 Å². The second-order valence-corrected chi connectivity index (χ2v) is 4.63. The van der Waals surface area contributed by atoms with Crippen molar-refractivity contribution in [3.05, 3.63) is 16.6 Å². The first-order valence-electron chi connectivity index (χ1n) is 4.54. The minimum Gasteiger partial charge on any atom is -0.350 e. The van der Waals surface area contributed by atoms with Gasteiger partial charge in [0.05, 0.1) is 23.5 Å². The fraction of sp³-hybridized carbons (Fsp3) is 0.556. The van der Waals surface area contributed by atoms with Crippen LogP contribution in [-0.2, 0) is 11.3 Å². The normalized spacial score (nSPS) is 10.1. The summed E-state index contributed by atoms with van der Waals surface area (Å²) in [6, 6.07) is 0. The lowest BCUT2D eigenvalue weighted by Crippen LogP contribution is -2.24. The summed E-state index contributed by atoms with van der Waals surface area (Å²) in [6.45, 7) is 2.66. The van der Waals surface area contributed by atoms with E-state index in [1.807, 2.05) is 5.38 Å². The lowest BCUT2D eigenvalue weighted by atomic mass is 10.5. The van der Waals surface area contributed by atoms with Crippen LogP contribution >= 0.6 is 23.1 Å². The summed E-state index contributed by atoms with van der Waals surface area (Å²) in [6.07, 6.45) is 1.12. The Balaban J connectivity index is 2.09. The van der Waals surface area contributed by atoms with Crippen LogP contribution in [0.15, 0.2) is 10.9 Å². The predicted molar refractivity (Wildman–Crippen MR) is 61.6 cm³/mol. The van der Waals surface area contributed by atoms with Gasteiger partial charge in [0.25, 0.3) is 0 Å². The van der Waals surface area contributed by atoms with Crippen molar-refractivity contribution in [3.63, 3.8) is 0 Å². The van der Waals surface area contributed by atoms with Crippen molar-refractivity contribution in [1.82, 2.24) is 10.3 Å². The van der Waals surface area contributed by atoms with E-state index in [9.17, 15) is 4.79 Å². The topological polar surface area (TPSA) is 42.0 Å². The van der Waals surface area contributed by atoms with E-state index in [0.717, 1.165) is 17.9 Å². The van der Waals surface area contributed by atoms with Crippen molar-refractivity contribution in [2.45, 2.75) is 19.9 Å². The first-order valence-corrected chi connectivity index (χ1v) is 6.64. The van der Waals surface area contributed by atoms with E-state index in [1.165, 1.54) is 0 Å². The number of thioether (sulfide) groups is 1. The number of nitrogens with zero attached hydrogens (tertiary/aromatic N) is 1. The zero-order valence-electron chi connectivity index (χ0n) is 8.16. The van der Waals surface area contributed by atoms with E-state index in [-0.39, 0.29) is 5.91 Å². The average molecular weight is 230 g/mol. The van der Waals surface area contributed by atoms with E-state index in [2.05, 4.69) is 17.2 Å². The van der Waals surface area contributed by atoms with Crippen LogP contribution in [0.3, 0.4) is 0 Å². The fourth-order valence-corrected chi connectivity index (χ4v) is 2.15. The van der Waals surface area contributed by atoms with Gasteiger partial charge >= 0.3 is 0 Å². The fourth-order valence-electron chi connectivity index (χ4n) is 0.874. The Kier molecular flexibility index (Phi) is 5.63. The first kappa shape index (κ1) is 11.5. The molecular formula is C9H14N2OS2. The van der Waals surface area contributed by atoms with Gasteiger partial charge in [-0.3, -0.25) is 4.79 Å². The maximum atomic E-state index is 11.3. The van der Waals surface area contributed by atoms with Gasteiger partial charge in [0.15, 0.2) is 0 Å². The number of amides is 1. The Bertz CT molecular complexity index is 262. The Hall–Kier alpha value is -0.550. The minimum absolute atomic E-state index is 0.0939. The zero-order chi connectivity index (χ0) is 10.2. The van der Waals surface area contributed by atoms with Gasteiger partial charge in [-0.2, -0.15) is 11.8 Å². The lowest BCUT2D eigenvalue weighted by molar-refractivity contribution is -0.118. The molecule has 1 heterocycles. The zero-order valence-corrected chi connectivity index (χ0v) is 9.79. The molecule has 1 amide bonds. The maximum Gasteiger partial charge on any atom is 0.230 e. The van der Waals surface area contributed by atoms with Gasteiger partial charge in [-0.15, -0.1) is 11.3 Å². The molecule has 0 bridgehead atoms. The molecule has 78 valence electrons. The predicted octanol–water partition coefficient (Wildman–Crippen LogP) is 1.90. The first-order chi connectivity index (χ1) is 6.83. The third kappa shape index (κ3) is 4.62. The molecule has 0 atom stereocenters. The third-order valence-corrected chi connectivity index (χ3v) is 3.33. The summed E-state index contributed by atoms with van der Waals surface area (Å²) in [5.74, 6) is 1.69. The molecule has 0 fully saturated rings. The van der Waals surface area contributed by atoms with Gasteiger partial charge < -0.3 is 5.32 Å². The monoisotopic (exact) mass is 230 g/mol. The number of aromatic nitrogens is 1. The van der Waals surface area contributed by atoms with E-state index >= 15 is 0 Å². The summed E-state index contributed by atoms with van der Waals surface area (Å²) in [4.78, 5) is 15.3. The molecule has 0 aromatic carbocycles. The van der Waals surface area contributed by atoms with Crippen LogP contribution in [-0.4, -0.2) is 22.4 Å². The van der Waals surface area contributed by atoms with Crippen molar-refractivity contribution >= 4 is 29.0 Å². The molecule has 0 spiro atoms. The number of carbonyl (C=O) groups excluding carboxylic acids is 1. The molecule has 5 heteroatoms. The second kappa shape index (κ2) is 6.84. The van der Waals surface area contributed by atoms with Gasteiger partial charge in [-0.1, -0.05) is 6.92 Å². The molecule has 1 rings (SSSR count). The van der Waals surface area contributed by atoms with Gasteiger partial charge in [0.1, 0.15) is 0 Å². The standard InChI is InChI=1S/C9H14N2OS2/c1-2-3-13-6-9(12)10-4-8-5-14-7-11-8/h5,7H,2-4,6H2,1H3,(H,10,12). The highest BCUT2D eigenvalue weighted by Gasteiger charge is 2.01. The Morgan fingerprint density at radius 3 is 3.21 bits per heavy atom. The molecule has 0 radical (unpaired) electrons. The smallest absolute Gasteiger partial charge is 0.230 e. The summed E-state index contributed by atoms with van der Waals surface area (Å²) in [5.41, 5.74) is 2.71. The number of hydrogen-bond donors (Lipinski definition) is 1. The van der Waals surface area contributed by atoms with Crippen molar-refractivity contribution in [2.24, 2.45) is 0 Å². The van der Waals surface area contributed by atoms with Crippen molar-refractivity contribution in [3.8, 4) is 0 Å². The molecule has 1 N–H and O–H groups in total. The number of rotatable bonds is 6. The van der Waals surface area contributed by atoms with E-state index < -0.39 is 0 Å². The number of thiazole rings is 1. The average Bonchev–Trinajstić information content (AvgIpc) is 2.68. The number of hydrogen-bond acceptors (Lipinski definition) is 4. The highest BCUT2D eigenvalue weighted by molar-refractivity contribution is 7.99. The van der Waals surface area contributed by atoms with Crippen molar-refractivity contribution < 1.29 is 4.79 Å². The van der Waals surface area contributed by atoms with Gasteiger partial charge in [-0.25, -0.2) is 4.98 Å². The van der Waals surface area contributed by atoms with E-state index in [1.54, 1.807) is 28.6 Å². The number of nitrogens with one attached hydrogen (secondary N) is 1. The van der Waals surface area contributed by atoms with Crippen LogP contribution in [0.25, 0.3) is 0 Å². The quantitative estimate of drug-likeness (QED) is 0.759. The summed E-state index contributed by atoms with van der Waals surface area (Å²) < 4.78 is 0. The summed E-state index contributed by atoms with van der Waals surface area (Å²) in [7, 11) is 0. The molecule has 0 aliphatic rings. The molecule has 0 saturated carbocycles. The molecule has 14 heavy (non-hydrogen) atoms. The second-order valence-electron chi connectivity index (χ2n) is 2.81. The van der Waals surface area contributed by atoms with Crippen LogP contribution < -0.4 is 5.32 Å². The Morgan fingerprint density at radius 2 is 2.57 bits per heavy atom. The third-order valence-electron chi connectivity index (χ3n) is 1.53. The van der Waals surface area contributed by atoms with E-state index in [0.29, 0.717) is 12.3 Å². The highest BCUT2D eigenvalue weighted by Crippen LogP contribution is 2.02. The van der Waals surface area contributed by atoms with Crippen molar-refractivity contribution in [2.75, 3.05) is 11.5 Å². The molecule has 0 saturated heterocycles. The highest BCUT2D eigenvalue weighted by atomic mass is 32.2. The van der Waals surface area contributed by atoms with Gasteiger partial charge in [0, 0.05) is 5.38 Å². The minimum atomic E-state index is 0.0939. The van der Waals surface area contributed by atoms with Crippen LogP contribution in [0.4, 0.5) is 0 Å². The van der Waals surface area contributed by atoms with Crippen molar-refractivity contribution in [1.29, 1.82) is 0 Å². The Morgan fingerprint density at radius 1 is 1.71 bits per heavy atom. The van der Waals surface area contributed by atoms with Gasteiger partial charge in [0.2, 0.25) is 5.91 Å². The molecule has 0 unspecified atom stereocenters. The Labute approximate surface area is 92.3 Å². The molecule has 3 nitrogen and oxygen atoms in total. The summed E-state index contributed by atoms with van der Waals surface area (Å²) in [5, 5.41) is 4.77. The molecule has 0 aliphatic heterocycles. The van der Waals surface area contributed by atoms with Crippen LogP contribution in [0.1, 0.15) is 19.0 Å². The molecule has 0 aliphatic carbocycles. The lowest BCUT2D eigenvalue weighted by Gasteiger charge is -2.02. The molecule has 1 aromatic rings. The van der Waals surface area contributed by atoms with Crippen LogP contribution in [0.5, 0.6) is 0 Å². The largest absolute Gasteiger partial charge is 0.350 e. The van der Waals surface area contributed by atoms with Crippen LogP contribution in [0, 0.1) is 0 Å². The number of carbonyl (C=O) groups is 1. The maximum absolute atomic E-state index is 11.3.